The van der Waals surface area contributed by atoms with Gasteiger partial charge in [-0.2, -0.15) is 0 Å². The minimum atomic E-state index is -0.413. The zero-order valence-electron chi connectivity index (χ0n) is 14.0. The minimum absolute atomic E-state index is 0.0453. The molecule has 27 heavy (non-hydrogen) atoms. The standard InChI is InChI=1S/C18H12N4O3S2/c1-10-2-3-11(6-15(10)22(24)25)14-8-26-18(20-14)21-17(23)12-4-5-13-16(7-12)27-9-19-13/h2-9H,1H3,(H,20,21,23). The lowest BCUT2D eigenvalue weighted by molar-refractivity contribution is -0.385. The summed E-state index contributed by atoms with van der Waals surface area (Å²) in [5.74, 6) is -0.263. The van der Waals surface area contributed by atoms with Crippen molar-refractivity contribution in [2.24, 2.45) is 0 Å². The zero-order valence-corrected chi connectivity index (χ0v) is 15.6. The predicted octanol–water partition coefficient (Wildman–Crippen LogP) is 4.89. The molecule has 2 heterocycles. The molecule has 2 aromatic heterocycles. The van der Waals surface area contributed by atoms with Crippen LogP contribution in [0.5, 0.6) is 0 Å². The molecule has 4 aromatic rings. The number of nitro groups is 1. The molecule has 134 valence electrons. The molecule has 0 aliphatic carbocycles. The van der Waals surface area contributed by atoms with Gasteiger partial charge in [-0.1, -0.05) is 12.1 Å². The SMILES string of the molecule is Cc1ccc(-c2csc(NC(=O)c3ccc4ncsc4c3)n2)cc1[N+](=O)[O-]. The van der Waals surface area contributed by atoms with Crippen LogP contribution < -0.4 is 5.32 Å². The van der Waals surface area contributed by atoms with E-state index in [-0.39, 0.29) is 11.6 Å². The Morgan fingerprint density at radius 3 is 2.85 bits per heavy atom. The topological polar surface area (TPSA) is 98.0 Å². The van der Waals surface area contributed by atoms with Crippen LogP contribution in [0.3, 0.4) is 0 Å². The highest BCUT2D eigenvalue weighted by molar-refractivity contribution is 7.16. The largest absolute Gasteiger partial charge is 0.298 e. The van der Waals surface area contributed by atoms with Crippen LogP contribution in [0.2, 0.25) is 0 Å². The van der Waals surface area contributed by atoms with Crippen molar-refractivity contribution < 1.29 is 9.72 Å². The van der Waals surface area contributed by atoms with Gasteiger partial charge in [-0.3, -0.25) is 20.2 Å². The number of rotatable bonds is 4. The smallest absolute Gasteiger partial charge is 0.272 e. The number of aromatic nitrogens is 2. The molecule has 0 saturated carbocycles. The summed E-state index contributed by atoms with van der Waals surface area (Å²) in [7, 11) is 0. The van der Waals surface area contributed by atoms with Crippen LogP contribution in [0.25, 0.3) is 21.5 Å². The summed E-state index contributed by atoms with van der Waals surface area (Å²) in [6.07, 6.45) is 0. The number of benzene rings is 2. The van der Waals surface area contributed by atoms with E-state index in [0.29, 0.717) is 27.5 Å². The maximum Gasteiger partial charge on any atom is 0.272 e. The van der Waals surface area contributed by atoms with Gasteiger partial charge in [0.15, 0.2) is 5.13 Å². The summed E-state index contributed by atoms with van der Waals surface area (Å²) in [6, 6.07) is 10.3. The van der Waals surface area contributed by atoms with Gasteiger partial charge < -0.3 is 0 Å². The maximum absolute atomic E-state index is 12.5. The molecule has 0 radical (unpaired) electrons. The lowest BCUT2D eigenvalue weighted by Crippen LogP contribution is -2.11. The first kappa shape index (κ1) is 17.3. The Bertz CT molecular complexity index is 1180. The molecular formula is C18H12N4O3S2. The molecule has 0 aliphatic rings. The number of thiazole rings is 2. The van der Waals surface area contributed by atoms with Gasteiger partial charge in [0.1, 0.15) is 0 Å². The molecule has 7 nitrogen and oxygen atoms in total. The highest BCUT2D eigenvalue weighted by Gasteiger charge is 2.15. The number of aryl methyl sites for hydroxylation is 1. The molecule has 9 heteroatoms. The molecule has 0 bridgehead atoms. The molecule has 0 aliphatic heterocycles. The minimum Gasteiger partial charge on any atom is -0.298 e. The predicted molar refractivity (Wildman–Crippen MR) is 107 cm³/mol. The van der Waals surface area contributed by atoms with Crippen LogP contribution >= 0.6 is 22.7 Å². The molecule has 1 N–H and O–H groups in total. The van der Waals surface area contributed by atoms with Crippen LogP contribution in [0.1, 0.15) is 15.9 Å². The zero-order chi connectivity index (χ0) is 19.0. The number of fused-ring (bicyclic) bond motifs is 1. The number of nitrogens with zero attached hydrogens (tertiary/aromatic N) is 3. The van der Waals surface area contributed by atoms with E-state index in [1.165, 1.54) is 28.7 Å². The summed E-state index contributed by atoms with van der Waals surface area (Å²) in [5.41, 5.74) is 4.96. The number of hydrogen-bond donors (Lipinski definition) is 1. The van der Waals surface area contributed by atoms with Crippen molar-refractivity contribution in [3.8, 4) is 11.3 Å². The number of amides is 1. The summed E-state index contributed by atoms with van der Waals surface area (Å²) < 4.78 is 0.939. The first-order chi connectivity index (χ1) is 13.0. The highest BCUT2D eigenvalue weighted by atomic mass is 32.1. The van der Waals surface area contributed by atoms with Gasteiger partial charge in [0.05, 0.1) is 26.3 Å². The number of hydrogen-bond acceptors (Lipinski definition) is 7. The summed E-state index contributed by atoms with van der Waals surface area (Å²) in [4.78, 5) is 31.7. The van der Waals surface area contributed by atoms with E-state index in [9.17, 15) is 14.9 Å². The number of carbonyl (C=O) groups is 1. The van der Waals surface area contributed by atoms with E-state index in [2.05, 4.69) is 15.3 Å². The van der Waals surface area contributed by atoms with Crippen molar-refractivity contribution in [2.75, 3.05) is 5.32 Å². The van der Waals surface area contributed by atoms with Crippen LogP contribution in [-0.2, 0) is 0 Å². The molecule has 0 atom stereocenters. The summed E-state index contributed by atoms with van der Waals surface area (Å²) >= 11 is 2.74. The number of anilines is 1. The average Bonchev–Trinajstić information content (AvgIpc) is 3.30. The van der Waals surface area contributed by atoms with Crippen molar-refractivity contribution in [1.29, 1.82) is 0 Å². The Hall–Kier alpha value is -3.17. The van der Waals surface area contributed by atoms with E-state index >= 15 is 0 Å². The molecule has 2 aromatic carbocycles. The quantitative estimate of drug-likeness (QED) is 0.391. The first-order valence-corrected chi connectivity index (χ1v) is 9.63. The van der Waals surface area contributed by atoms with Crippen LogP contribution in [0, 0.1) is 17.0 Å². The number of nitro benzene ring substituents is 1. The fourth-order valence-corrected chi connectivity index (χ4v) is 4.03. The third-order valence-electron chi connectivity index (χ3n) is 4.02. The second-order valence-corrected chi connectivity index (χ2v) is 7.53. The second kappa shape index (κ2) is 6.86. The fourth-order valence-electron chi connectivity index (χ4n) is 2.59. The Morgan fingerprint density at radius 1 is 1.19 bits per heavy atom. The number of carbonyl (C=O) groups excluding carboxylic acids is 1. The Morgan fingerprint density at radius 2 is 2.04 bits per heavy atom. The first-order valence-electron chi connectivity index (χ1n) is 7.87. The Labute approximate surface area is 161 Å². The Balaban J connectivity index is 1.56. The highest BCUT2D eigenvalue weighted by Crippen LogP contribution is 2.29. The lowest BCUT2D eigenvalue weighted by atomic mass is 10.1. The van der Waals surface area contributed by atoms with Crippen LogP contribution in [0.4, 0.5) is 10.8 Å². The average molecular weight is 396 g/mol. The Kier molecular flexibility index (Phi) is 4.38. The third kappa shape index (κ3) is 3.42. The van der Waals surface area contributed by atoms with Gasteiger partial charge in [0.25, 0.3) is 11.6 Å². The molecular weight excluding hydrogens is 384 g/mol. The molecule has 0 unspecified atom stereocenters. The van der Waals surface area contributed by atoms with E-state index in [0.717, 1.165) is 10.2 Å². The van der Waals surface area contributed by atoms with E-state index < -0.39 is 4.92 Å². The molecule has 0 saturated heterocycles. The monoisotopic (exact) mass is 396 g/mol. The molecule has 0 fully saturated rings. The van der Waals surface area contributed by atoms with Crippen molar-refractivity contribution in [2.45, 2.75) is 6.92 Å². The van der Waals surface area contributed by atoms with E-state index in [1.54, 1.807) is 48.1 Å². The summed E-state index contributed by atoms with van der Waals surface area (Å²) in [6.45, 7) is 1.69. The van der Waals surface area contributed by atoms with E-state index in [4.69, 9.17) is 0 Å². The van der Waals surface area contributed by atoms with Crippen molar-refractivity contribution in [1.82, 2.24) is 9.97 Å². The van der Waals surface area contributed by atoms with Gasteiger partial charge >= 0.3 is 0 Å². The van der Waals surface area contributed by atoms with E-state index in [1.807, 2.05) is 0 Å². The van der Waals surface area contributed by atoms with Gasteiger partial charge in [0, 0.05) is 28.1 Å². The van der Waals surface area contributed by atoms with Gasteiger partial charge in [-0.05, 0) is 25.1 Å². The lowest BCUT2D eigenvalue weighted by Gasteiger charge is -2.02. The van der Waals surface area contributed by atoms with Gasteiger partial charge in [0.2, 0.25) is 0 Å². The normalized spacial score (nSPS) is 10.9. The summed E-state index contributed by atoms with van der Waals surface area (Å²) in [5, 5.41) is 16.1. The number of nitrogens with one attached hydrogen (secondary N) is 1. The molecule has 4 rings (SSSR count). The molecule has 0 spiro atoms. The molecule has 1 amide bonds. The van der Waals surface area contributed by atoms with Gasteiger partial charge in [-0.15, -0.1) is 22.7 Å². The van der Waals surface area contributed by atoms with Crippen molar-refractivity contribution in [3.05, 3.63) is 68.5 Å². The maximum atomic E-state index is 12.5. The van der Waals surface area contributed by atoms with Gasteiger partial charge in [-0.25, -0.2) is 9.97 Å². The van der Waals surface area contributed by atoms with Crippen LogP contribution in [0.15, 0.2) is 47.3 Å². The third-order valence-corrected chi connectivity index (χ3v) is 5.57. The van der Waals surface area contributed by atoms with Crippen molar-refractivity contribution in [3.63, 3.8) is 0 Å². The fraction of sp³-hybridized carbons (Fsp3) is 0.0556. The second-order valence-electron chi connectivity index (χ2n) is 5.79. The van der Waals surface area contributed by atoms with Crippen LogP contribution in [-0.4, -0.2) is 20.8 Å². The van der Waals surface area contributed by atoms with Crippen molar-refractivity contribution >= 4 is 49.6 Å².